The van der Waals surface area contributed by atoms with Gasteiger partial charge >= 0.3 is 0 Å². The highest BCUT2D eigenvalue weighted by Gasteiger charge is 2.17. The lowest BCUT2D eigenvalue weighted by molar-refractivity contribution is 0.599. The van der Waals surface area contributed by atoms with E-state index in [2.05, 4.69) is 21.3 Å². The van der Waals surface area contributed by atoms with Crippen molar-refractivity contribution in [2.24, 2.45) is 0 Å². The Morgan fingerprint density at radius 3 is 3.25 bits per heavy atom. The number of nitrogens with zero attached hydrogens (tertiary/aromatic N) is 3. The molecule has 4 heteroatoms. The van der Waals surface area contributed by atoms with E-state index >= 15 is 0 Å². The predicted molar refractivity (Wildman–Crippen MR) is 63.2 cm³/mol. The average Bonchev–Trinajstić information content (AvgIpc) is 2.81. The lowest BCUT2D eigenvalue weighted by Gasteiger charge is -2.23. The van der Waals surface area contributed by atoms with Crippen LogP contribution in [-0.2, 0) is 0 Å². The summed E-state index contributed by atoms with van der Waals surface area (Å²) < 4.78 is 0. The standard InChI is InChI=1S/C12H16N4/c1-16(9-10-4-2-6-14-10)12-5-3-7-15-11(12)8-13/h3,5,7,10,14H,2,4,6,9H2,1H3. The van der Waals surface area contributed by atoms with Crippen molar-refractivity contribution in [1.82, 2.24) is 10.3 Å². The van der Waals surface area contributed by atoms with Crippen molar-refractivity contribution in [2.75, 3.05) is 25.0 Å². The molecule has 0 spiro atoms. The van der Waals surface area contributed by atoms with Gasteiger partial charge in [-0.2, -0.15) is 5.26 Å². The van der Waals surface area contributed by atoms with Crippen LogP contribution in [0.15, 0.2) is 18.3 Å². The summed E-state index contributed by atoms with van der Waals surface area (Å²) in [4.78, 5) is 6.18. The molecule has 0 bridgehead atoms. The average molecular weight is 216 g/mol. The van der Waals surface area contributed by atoms with Gasteiger partial charge in [-0.1, -0.05) is 0 Å². The SMILES string of the molecule is CN(CC1CCCN1)c1cccnc1C#N. The third kappa shape index (κ3) is 2.31. The Morgan fingerprint density at radius 2 is 2.56 bits per heavy atom. The predicted octanol–water partition coefficient (Wildman–Crippen LogP) is 1.14. The molecule has 0 amide bonds. The first-order chi connectivity index (χ1) is 7.81. The molecule has 0 radical (unpaired) electrons. The van der Waals surface area contributed by atoms with Gasteiger partial charge in [0.15, 0.2) is 5.69 Å². The van der Waals surface area contributed by atoms with E-state index in [1.807, 2.05) is 19.2 Å². The first-order valence-corrected chi connectivity index (χ1v) is 5.61. The van der Waals surface area contributed by atoms with Gasteiger partial charge in [-0.15, -0.1) is 0 Å². The summed E-state index contributed by atoms with van der Waals surface area (Å²) in [5.41, 5.74) is 1.42. The molecule has 1 N–H and O–H groups in total. The van der Waals surface area contributed by atoms with Crippen molar-refractivity contribution >= 4 is 5.69 Å². The minimum Gasteiger partial charge on any atom is -0.371 e. The largest absolute Gasteiger partial charge is 0.371 e. The first-order valence-electron chi connectivity index (χ1n) is 5.61. The van der Waals surface area contributed by atoms with E-state index in [0.29, 0.717) is 11.7 Å². The normalized spacial score (nSPS) is 19.4. The van der Waals surface area contributed by atoms with Gasteiger partial charge in [0.05, 0.1) is 5.69 Å². The first kappa shape index (κ1) is 10.9. The Labute approximate surface area is 95.9 Å². The summed E-state index contributed by atoms with van der Waals surface area (Å²) >= 11 is 0. The second-order valence-electron chi connectivity index (χ2n) is 4.16. The molecule has 1 fully saturated rings. The molecule has 84 valence electrons. The summed E-state index contributed by atoms with van der Waals surface area (Å²) in [6.07, 6.45) is 4.12. The Bertz CT molecular complexity index is 390. The second-order valence-corrected chi connectivity index (χ2v) is 4.16. The maximum absolute atomic E-state index is 8.97. The van der Waals surface area contributed by atoms with Crippen molar-refractivity contribution in [3.63, 3.8) is 0 Å². The molecule has 0 aliphatic carbocycles. The number of aromatic nitrogens is 1. The van der Waals surface area contributed by atoms with Crippen molar-refractivity contribution < 1.29 is 0 Å². The van der Waals surface area contributed by atoms with Crippen molar-refractivity contribution in [3.05, 3.63) is 24.0 Å². The topological polar surface area (TPSA) is 52.0 Å². The second kappa shape index (κ2) is 4.95. The number of anilines is 1. The Hall–Kier alpha value is -1.60. The van der Waals surface area contributed by atoms with Gasteiger partial charge in [-0.25, -0.2) is 4.98 Å². The van der Waals surface area contributed by atoms with Gasteiger partial charge in [0.25, 0.3) is 0 Å². The van der Waals surface area contributed by atoms with Gasteiger partial charge in [-0.05, 0) is 31.5 Å². The van der Waals surface area contributed by atoms with E-state index in [-0.39, 0.29) is 0 Å². The van der Waals surface area contributed by atoms with Crippen LogP contribution in [-0.4, -0.2) is 31.2 Å². The number of rotatable bonds is 3. The third-order valence-corrected chi connectivity index (χ3v) is 2.96. The number of hydrogen-bond acceptors (Lipinski definition) is 4. The third-order valence-electron chi connectivity index (χ3n) is 2.96. The molecule has 1 aromatic heterocycles. The quantitative estimate of drug-likeness (QED) is 0.823. The summed E-state index contributed by atoms with van der Waals surface area (Å²) in [5, 5.41) is 12.4. The van der Waals surface area contributed by atoms with E-state index in [4.69, 9.17) is 5.26 Å². The number of nitriles is 1. The van der Waals surface area contributed by atoms with Crippen LogP contribution in [0, 0.1) is 11.3 Å². The monoisotopic (exact) mass is 216 g/mol. The fourth-order valence-corrected chi connectivity index (χ4v) is 2.13. The number of likely N-dealkylation sites (N-methyl/N-ethyl adjacent to an activating group) is 1. The van der Waals surface area contributed by atoms with Gasteiger partial charge in [0, 0.05) is 25.8 Å². The Balaban J connectivity index is 2.08. The molecule has 1 saturated heterocycles. The zero-order chi connectivity index (χ0) is 11.4. The minimum atomic E-state index is 0.503. The van der Waals surface area contributed by atoms with E-state index in [0.717, 1.165) is 18.8 Å². The Morgan fingerprint density at radius 1 is 1.69 bits per heavy atom. The highest BCUT2D eigenvalue weighted by Crippen LogP contribution is 2.17. The number of pyridine rings is 1. The molecule has 1 unspecified atom stereocenters. The molecule has 1 aliphatic heterocycles. The number of nitrogens with one attached hydrogen (secondary N) is 1. The van der Waals surface area contributed by atoms with E-state index in [9.17, 15) is 0 Å². The molecular weight excluding hydrogens is 200 g/mol. The number of hydrogen-bond donors (Lipinski definition) is 1. The maximum atomic E-state index is 8.97. The molecule has 4 nitrogen and oxygen atoms in total. The van der Waals surface area contributed by atoms with Gasteiger partial charge in [0.1, 0.15) is 6.07 Å². The van der Waals surface area contributed by atoms with Crippen LogP contribution in [0.25, 0.3) is 0 Å². The molecule has 1 aliphatic rings. The molecule has 2 heterocycles. The van der Waals surface area contributed by atoms with Gasteiger partial charge in [-0.3, -0.25) is 0 Å². The van der Waals surface area contributed by atoms with Crippen LogP contribution in [0.2, 0.25) is 0 Å². The molecule has 16 heavy (non-hydrogen) atoms. The molecule has 0 saturated carbocycles. The van der Waals surface area contributed by atoms with Gasteiger partial charge in [0.2, 0.25) is 0 Å². The lowest BCUT2D eigenvalue weighted by atomic mass is 10.2. The zero-order valence-corrected chi connectivity index (χ0v) is 9.48. The van der Waals surface area contributed by atoms with Crippen LogP contribution in [0.5, 0.6) is 0 Å². The highest BCUT2D eigenvalue weighted by atomic mass is 15.1. The minimum absolute atomic E-state index is 0.503. The fourth-order valence-electron chi connectivity index (χ4n) is 2.13. The smallest absolute Gasteiger partial charge is 0.163 e. The highest BCUT2D eigenvalue weighted by molar-refractivity contribution is 5.55. The van der Waals surface area contributed by atoms with Crippen LogP contribution >= 0.6 is 0 Å². The summed E-state index contributed by atoms with van der Waals surface area (Å²) in [7, 11) is 2.01. The molecule has 2 rings (SSSR count). The van der Waals surface area contributed by atoms with Crippen molar-refractivity contribution in [3.8, 4) is 6.07 Å². The lowest BCUT2D eigenvalue weighted by Crippen LogP contribution is -2.35. The molecule has 0 aromatic carbocycles. The summed E-state index contributed by atoms with van der Waals surface area (Å²) in [6, 6.07) is 6.48. The Kier molecular flexibility index (Phi) is 3.37. The van der Waals surface area contributed by atoms with Crippen LogP contribution in [0.3, 0.4) is 0 Å². The van der Waals surface area contributed by atoms with Crippen molar-refractivity contribution in [2.45, 2.75) is 18.9 Å². The van der Waals surface area contributed by atoms with Crippen molar-refractivity contribution in [1.29, 1.82) is 5.26 Å². The van der Waals surface area contributed by atoms with Crippen LogP contribution < -0.4 is 10.2 Å². The van der Waals surface area contributed by atoms with Crippen LogP contribution in [0.1, 0.15) is 18.5 Å². The molecular formula is C12H16N4. The zero-order valence-electron chi connectivity index (χ0n) is 9.48. The van der Waals surface area contributed by atoms with E-state index in [1.54, 1.807) is 6.20 Å². The molecule has 1 aromatic rings. The van der Waals surface area contributed by atoms with E-state index < -0.39 is 0 Å². The van der Waals surface area contributed by atoms with Gasteiger partial charge < -0.3 is 10.2 Å². The fraction of sp³-hybridized carbons (Fsp3) is 0.500. The summed E-state index contributed by atoms with van der Waals surface area (Å²) in [5.74, 6) is 0. The maximum Gasteiger partial charge on any atom is 0.163 e. The summed E-state index contributed by atoms with van der Waals surface area (Å²) in [6.45, 7) is 2.04. The molecule has 1 atom stereocenters. The van der Waals surface area contributed by atoms with Crippen LogP contribution in [0.4, 0.5) is 5.69 Å². The van der Waals surface area contributed by atoms with E-state index in [1.165, 1.54) is 12.8 Å².